The maximum absolute atomic E-state index is 12.1. The Morgan fingerprint density at radius 1 is 1.50 bits per heavy atom. The van der Waals surface area contributed by atoms with Crippen molar-refractivity contribution in [3.63, 3.8) is 0 Å². The van der Waals surface area contributed by atoms with E-state index in [1.54, 1.807) is 13.1 Å². The minimum absolute atomic E-state index is 0.121. The number of ether oxygens (including phenoxy) is 1. The van der Waals surface area contributed by atoms with Gasteiger partial charge in [0, 0.05) is 18.8 Å². The fourth-order valence-corrected chi connectivity index (χ4v) is 2.82. The molecule has 5 nitrogen and oxygen atoms in total. The summed E-state index contributed by atoms with van der Waals surface area (Å²) >= 11 is 0. The lowest BCUT2D eigenvalue weighted by molar-refractivity contribution is -0.126. The number of amides is 1. The summed E-state index contributed by atoms with van der Waals surface area (Å²) in [6, 6.07) is 3.78. The summed E-state index contributed by atoms with van der Waals surface area (Å²) in [5.41, 5.74) is 6.19. The van der Waals surface area contributed by atoms with Crippen molar-refractivity contribution in [3.8, 4) is 5.88 Å². The number of pyridine rings is 1. The second-order valence-electron chi connectivity index (χ2n) is 6.38. The van der Waals surface area contributed by atoms with Crippen molar-refractivity contribution in [3.05, 3.63) is 23.9 Å². The van der Waals surface area contributed by atoms with Crippen molar-refractivity contribution in [2.45, 2.75) is 70.6 Å². The van der Waals surface area contributed by atoms with E-state index in [2.05, 4.69) is 10.3 Å². The standard InChI is InChI=1S/C17H27N3O2/c1-3-9-17(2,18)16(21)20-12-13-8-10-19-15(11-13)22-14-6-4-5-7-14/h8,10-11,14H,3-7,9,12,18H2,1-2H3,(H,20,21). The summed E-state index contributed by atoms with van der Waals surface area (Å²) in [5, 5.41) is 2.90. The quantitative estimate of drug-likeness (QED) is 0.811. The van der Waals surface area contributed by atoms with Gasteiger partial charge in [0.2, 0.25) is 11.8 Å². The van der Waals surface area contributed by atoms with Crippen LogP contribution in [0.15, 0.2) is 18.3 Å². The van der Waals surface area contributed by atoms with Gasteiger partial charge in [-0.05, 0) is 50.7 Å². The second kappa shape index (κ2) is 7.58. The molecule has 0 bridgehead atoms. The van der Waals surface area contributed by atoms with Crippen LogP contribution >= 0.6 is 0 Å². The SMILES string of the molecule is CCCC(C)(N)C(=O)NCc1ccnc(OC2CCCC2)c1. The lowest BCUT2D eigenvalue weighted by atomic mass is 9.96. The molecule has 0 radical (unpaired) electrons. The number of nitrogens with two attached hydrogens (primary N) is 1. The summed E-state index contributed by atoms with van der Waals surface area (Å²) in [5.74, 6) is 0.521. The van der Waals surface area contributed by atoms with Gasteiger partial charge < -0.3 is 15.8 Å². The van der Waals surface area contributed by atoms with Gasteiger partial charge in [-0.2, -0.15) is 0 Å². The molecule has 1 aromatic heterocycles. The van der Waals surface area contributed by atoms with Crippen LogP contribution in [0.3, 0.4) is 0 Å². The van der Waals surface area contributed by atoms with E-state index in [1.807, 2.05) is 19.1 Å². The molecule has 1 unspecified atom stereocenters. The molecule has 0 spiro atoms. The van der Waals surface area contributed by atoms with Gasteiger partial charge in [0.1, 0.15) is 6.10 Å². The van der Waals surface area contributed by atoms with Crippen molar-refractivity contribution < 1.29 is 9.53 Å². The molecule has 1 atom stereocenters. The predicted octanol–water partition coefficient (Wildman–Crippen LogP) is 2.54. The largest absolute Gasteiger partial charge is 0.474 e. The van der Waals surface area contributed by atoms with E-state index in [1.165, 1.54) is 12.8 Å². The van der Waals surface area contributed by atoms with Crippen molar-refractivity contribution in [2.75, 3.05) is 0 Å². The molecule has 1 aromatic rings. The van der Waals surface area contributed by atoms with Gasteiger partial charge in [-0.25, -0.2) is 4.98 Å². The smallest absolute Gasteiger partial charge is 0.240 e. The Bertz CT molecular complexity index is 496. The molecule has 22 heavy (non-hydrogen) atoms. The number of rotatable bonds is 7. The molecule has 1 fully saturated rings. The highest BCUT2D eigenvalue weighted by molar-refractivity contribution is 5.85. The van der Waals surface area contributed by atoms with Gasteiger partial charge in [-0.15, -0.1) is 0 Å². The summed E-state index contributed by atoms with van der Waals surface area (Å²) in [4.78, 5) is 16.4. The third-order valence-corrected chi connectivity index (χ3v) is 4.13. The zero-order chi connectivity index (χ0) is 16.0. The van der Waals surface area contributed by atoms with Crippen molar-refractivity contribution in [1.29, 1.82) is 0 Å². The molecular weight excluding hydrogens is 278 g/mol. The first kappa shape index (κ1) is 16.7. The van der Waals surface area contributed by atoms with E-state index >= 15 is 0 Å². The molecule has 1 amide bonds. The van der Waals surface area contributed by atoms with E-state index in [-0.39, 0.29) is 12.0 Å². The predicted molar refractivity (Wildman–Crippen MR) is 86.5 cm³/mol. The number of nitrogens with one attached hydrogen (secondary N) is 1. The van der Waals surface area contributed by atoms with Gasteiger partial charge in [0.25, 0.3) is 0 Å². The number of carbonyl (C=O) groups is 1. The average molecular weight is 305 g/mol. The van der Waals surface area contributed by atoms with E-state index in [9.17, 15) is 4.79 Å². The number of hydrogen-bond acceptors (Lipinski definition) is 4. The Kier molecular flexibility index (Phi) is 5.77. The van der Waals surface area contributed by atoms with Crippen LogP contribution < -0.4 is 15.8 Å². The molecular formula is C17H27N3O2. The molecule has 0 saturated heterocycles. The lowest BCUT2D eigenvalue weighted by Crippen LogP contribution is -2.51. The number of hydrogen-bond donors (Lipinski definition) is 2. The summed E-state index contributed by atoms with van der Waals surface area (Å²) in [6.45, 7) is 4.24. The van der Waals surface area contributed by atoms with Crippen molar-refractivity contribution in [1.82, 2.24) is 10.3 Å². The van der Waals surface area contributed by atoms with Gasteiger partial charge >= 0.3 is 0 Å². The summed E-state index contributed by atoms with van der Waals surface area (Å²) in [6.07, 6.45) is 8.23. The Morgan fingerprint density at radius 3 is 2.91 bits per heavy atom. The van der Waals surface area contributed by atoms with Gasteiger partial charge in [-0.3, -0.25) is 4.79 Å². The van der Waals surface area contributed by atoms with Crippen LogP contribution in [0.5, 0.6) is 5.88 Å². The van der Waals surface area contributed by atoms with E-state index in [4.69, 9.17) is 10.5 Å². The first-order chi connectivity index (χ1) is 10.5. The fourth-order valence-electron chi connectivity index (χ4n) is 2.82. The second-order valence-corrected chi connectivity index (χ2v) is 6.38. The summed E-state index contributed by atoms with van der Waals surface area (Å²) in [7, 11) is 0. The molecule has 2 rings (SSSR count). The molecule has 3 N–H and O–H groups in total. The topological polar surface area (TPSA) is 77.2 Å². The lowest BCUT2D eigenvalue weighted by Gasteiger charge is -2.22. The highest BCUT2D eigenvalue weighted by atomic mass is 16.5. The Hall–Kier alpha value is -1.62. The van der Waals surface area contributed by atoms with Crippen LogP contribution in [0.1, 0.15) is 57.9 Å². The maximum Gasteiger partial charge on any atom is 0.240 e. The first-order valence-corrected chi connectivity index (χ1v) is 8.20. The van der Waals surface area contributed by atoms with Gasteiger partial charge in [-0.1, -0.05) is 13.3 Å². The normalized spacial score (nSPS) is 18.0. The highest BCUT2D eigenvalue weighted by Crippen LogP contribution is 2.23. The Balaban J connectivity index is 1.88. The molecule has 1 heterocycles. The average Bonchev–Trinajstić information content (AvgIpc) is 2.98. The van der Waals surface area contributed by atoms with Crippen LogP contribution in [0.25, 0.3) is 0 Å². The molecule has 1 saturated carbocycles. The summed E-state index contributed by atoms with van der Waals surface area (Å²) < 4.78 is 5.88. The number of carbonyl (C=O) groups excluding carboxylic acids is 1. The molecule has 0 aromatic carbocycles. The molecule has 1 aliphatic carbocycles. The van der Waals surface area contributed by atoms with Crippen LogP contribution in [0.4, 0.5) is 0 Å². The van der Waals surface area contributed by atoms with Crippen LogP contribution in [0.2, 0.25) is 0 Å². The fraction of sp³-hybridized carbons (Fsp3) is 0.647. The van der Waals surface area contributed by atoms with Crippen LogP contribution in [-0.2, 0) is 11.3 Å². The highest BCUT2D eigenvalue weighted by Gasteiger charge is 2.26. The maximum atomic E-state index is 12.1. The van der Waals surface area contributed by atoms with Gasteiger partial charge in [0.05, 0.1) is 5.54 Å². The number of nitrogens with zero attached hydrogens (tertiary/aromatic N) is 1. The van der Waals surface area contributed by atoms with Crippen molar-refractivity contribution >= 4 is 5.91 Å². The van der Waals surface area contributed by atoms with E-state index in [0.717, 1.165) is 24.8 Å². The van der Waals surface area contributed by atoms with E-state index in [0.29, 0.717) is 18.8 Å². The minimum Gasteiger partial charge on any atom is -0.474 e. The van der Waals surface area contributed by atoms with Crippen LogP contribution in [0, 0.1) is 0 Å². The zero-order valence-electron chi connectivity index (χ0n) is 13.6. The Labute approximate surface area is 132 Å². The minimum atomic E-state index is -0.815. The third kappa shape index (κ3) is 4.70. The zero-order valence-corrected chi connectivity index (χ0v) is 13.6. The van der Waals surface area contributed by atoms with Crippen LogP contribution in [-0.4, -0.2) is 22.5 Å². The monoisotopic (exact) mass is 305 g/mol. The third-order valence-electron chi connectivity index (χ3n) is 4.13. The number of aromatic nitrogens is 1. The van der Waals surface area contributed by atoms with Gasteiger partial charge in [0.15, 0.2) is 0 Å². The molecule has 1 aliphatic rings. The molecule has 0 aliphatic heterocycles. The Morgan fingerprint density at radius 2 is 2.23 bits per heavy atom. The first-order valence-electron chi connectivity index (χ1n) is 8.20. The van der Waals surface area contributed by atoms with Crippen molar-refractivity contribution in [2.24, 2.45) is 5.73 Å². The van der Waals surface area contributed by atoms with E-state index < -0.39 is 5.54 Å². The molecule has 5 heteroatoms. The molecule has 122 valence electrons.